The number of hydrogen-bond acceptors (Lipinski definition) is 2. The van der Waals surface area contributed by atoms with E-state index in [1.54, 1.807) is 0 Å². The Hall–Kier alpha value is -1.93. The molecular weight excluding hydrogens is 270 g/mol. The zero-order valence-electron chi connectivity index (χ0n) is 13.5. The van der Waals surface area contributed by atoms with Crippen LogP contribution in [0.15, 0.2) is 60.7 Å². The normalized spacial score (nSPS) is 22.1. The Bertz CT molecular complexity index is 642. The summed E-state index contributed by atoms with van der Waals surface area (Å²) >= 11 is 0. The summed E-state index contributed by atoms with van der Waals surface area (Å²) in [4.78, 5) is 15.3. The molecular formula is C20H23NO. The third kappa shape index (κ3) is 2.71. The van der Waals surface area contributed by atoms with Gasteiger partial charge in [-0.2, -0.15) is 0 Å². The summed E-state index contributed by atoms with van der Waals surface area (Å²) in [5.74, 6) is 0.305. The number of Topliss-reactive ketones (excluding diaryl/α,β-unsaturated/α-hetero) is 1. The second-order valence-electron chi connectivity index (χ2n) is 7.02. The monoisotopic (exact) mass is 293 g/mol. The number of ketones is 1. The molecule has 1 aliphatic heterocycles. The standard InChI is InChI=1S/C20H23NO/c1-20(2,3)21-14-17(18(21)15-10-6-4-7-11-15)19(22)16-12-8-5-9-13-16/h4-13,17-18H,14H2,1-3H3/t17-,18+/m1/s1. The van der Waals surface area contributed by atoms with E-state index in [-0.39, 0.29) is 23.3 Å². The van der Waals surface area contributed by atoms with Gasteiger partial charge in [-0.25, -0.2) is 0 Å². The second kappa shape index (κ2) is 5.69. The molecule has 0 radical (unpaired) electrons. The van der Waals surface area contributed by atoms with Gasteiger partial charge in [0.1, 0.15) is 0 Å². The van der Waals surface area contributed by atoms with Crippen LogP contribution >= 0.6 is 0 Å². The van der Waals surface area contributed by atoms with Gasteiger partial charge in [-0.15, -0.1) is 0 Å². The number of carbonyl (C=O) groups excluding carboxylic acids is 1. The van der Waals surface area contributed by atoms with E-state index < -0.39 is 0 Å². The van der Waals surface area contributed by atoms with Crippen molar-refractivity contribution in [2.45, 2.75) is 32.4 Å². The topological polar surface area (TPSA) is 20.3 Å². The van der Waals surface area contributed by atoms with E-state index in [4.69, 9.17) is 0 Å². The highest BCUT2D eigenvalue weighted by molar-refractivity contribution is 5.99. The van der Waals surface area contributed by atoms with E-state index in [2.05, 4.69) is 49.9 Å². The van der Waals surface area contributed by atoms with Gasteiger partial charge in [0.05, 0.1) is 5.92 Å². The average molecular weight is 293 g/mol. The minimum atomic E-state index is 0.0454. The van der Waals surface area contributed by atoms with Crippen molar-refractivity contribution in [3.63, 3.8) is 0 Å². The minimum Gasteiger partial charge on any atom is -0.294 e. The van der Waals surface area contributed by atoms with Crippen LogP contribution in [-0.2, 0) is 0 Å². The van der Waals surface area contributed by atoms with Crippen LogP contribution in [0.5, 0.6) is 0 Å². The molecule has 3 rings (SSSR count). The number of benzene rings is 2. The molecule has 0 bridgehead atoms. The SMILES string of the molecule is CC(C)(C)N1C[C@@H](C(=O)c2ccccc2)[C@@H]1c1ccccc1. The summed E-state index contributed by atoms with van der Waals surface area (Å²) < 4.78 is 0. The molecule has 1 heterocycles. The Kier molecular flexibility index (Phi) is 3.88. The van der Waals surface area contributed by atoms with E-state index in [9.17, 15) is 4.79 Å². The van der Waals surface area contributed by atoms with E-state index in [0.717, 1.165) is 12.1 Å². The van der Waals surface area contributed by atoms with Gasteiger partial charge in [0.2, 0.25) is 0 Å². The molecule has 0 aromatic heterocycles. The highest BCUT2D eigenvalue weighted by Gasteiger charge is 2.48. The Morgan fingerprint density at radius 3 is 2.05 bits per heavy atom. The number of rotatable bonds is 3. The van der Waals surface area contributed by atoms with Crippen LogP contribution in [-0.4, -0.2) is 22.8 Å². The maximum absolute atomic E-state index is 12.9. The van der Waals surface area contributed by atoms with Gasteiger partial charge in [-0.1, -0.05) is 60.7 Å². The lowest BCUT2D eigenvalue weighted by atomic mass is 9.76. The molecule has 0 unspecified atom stereocenters. The predicted molar refractivity (Wildman–Crippen MR) is 89.9 cm³/mol. The first-order valence-corrected chi connectivity index (χ1v) is 7.89. The van der Waals surface area contributed by atoms with Gasteiger partial charge in [0.15, 0.2) is 5.78 Å². The molecule has 22 heavy (non-hydrogen) atoms. The molecule has 1 saturated heterocycles. The van der Waals surface area contributed by atoms with Crippen molar-refractivity contribution in [3.05, 3.63) is 71.8 Å². The zero-order chi connectivity index (χ0) is 15.7. The van der Waals surface area contributed by atoms with E-state index in [1.807, 2.05) is 36.4 Å². The molecule has 114 valence electrons. The van der Waals surface area contributed by atoms with Crippen molar-refractivity contribution in [2.24, 2.45) is 5.92 Å². The molecule has 0 amide bonds. The van der Waals surface area contributed by atoms with Crippen LogP contribution < -0.4 is 0 Å². The molecule has 2 aromatic rings. The molecule has 1 aliphatic rings. The second-order valence-corrected chi connectivity index (χ2v) is 7.02. The number of carbonyl (C=O) groups is 1. The first-order valence-electron chi connectivity index (χ1n) is 7.89. The molecule has 2 atom stereocenters. The van der Waals surface area contributed by atoms with Crippen molar-refractivity contribution in [1.82, 2.24) is 4.90 Å². The molecule has 0 N–H and O–H groups in total. The smallest absolute Gasteiger partial charge is 0.169 e. The Labute approximate surface area is 132 Å². The van der Waals surface area contributed by atoms with Crippen molar-refractivity contribution in [1.29, 1.82) is 0 Å². The summed E-state index contributed by atoms with van der Waals surface area (Å²) in [6, 6.07) is 20.2. The van der Waals surface area contributed by atoms with Crippen LogP contribution in [0.2, 0.25) is 0 Å². The molecule has 0 saturated carbocycles. The summed E-state index contributed by atoms with van der Waals surface area (Å²) in [5, 5.41) is 0. The molecule has 0 aliphatic carbocycles. The third-order valence-electron chi connectivity index (χ3n) is 4.51. The molecule has 1 fully saturated rings. The van der Waals surface area contributed by atoms with Gasteiger partial charge in [-0.3, -0.25) is 9.69 Å². The van der Waals surface area contributed by atoms with Gasteiger partial charge >= 0.3 is 0 Å². The Balaban J connectivity index is 1.91. The van der Waals surface area contributed by atoms with E-state index in [1.165, 1.54) is 5.56 Å². The summed E-state index contributed by atoms with van der Waals surface area (Å²) in [6.07, 6.45) is 0. The van der Waals surface area contributed by atoms with E-state index >= 15 is 0 Å². The van der Waals surface area contributed by atoms with Crippen LogP contribution in [0.1, 0.15) is 42.7 Å². The fourth-order valence-corrected chi connectivity index (χ4v) is 3.30. The first-order chi connectivity index (χ1) is 10.5. The van der Waals surface area contributed by atoms with Crippen LogP contribution in [0.4, 0.5) is 0 Å². The van der Waals surface area contributed by atoms with Gasteiger partial charge in [0, 0.05) is 23.7 Å². The van der Waals surface area contributed by atoms with Crippen LogP contribution in [0, 0.1) is 5.92 Å². The van der Waals surface area contributed by atoms with Crippen molar-refractivity contribution in [2.75, 3.05) is 6.54 Å². The number of likely N-dealkylation sites (tertiary alicyclic amines) is 1. The van der Waals surface area contributed by atoms with Gasteiger partial charge < -0.3 is 0 Å². The third-order valence-corrected chi connectivity index (χ3v) is 4.51. The van der Waals surface area contributed by atoms with Crippen LogP contribution in [0.3, 0.4) is 0 Å². The van der Waals surface area contributed by atoms with Gasteiger partial charge in [-0.05, 0) is 26.3 Å². The Morgan fingerprint density at radius 2 is 1.50 bits per heavy atom. The van der Waals surface area contributed by atoms with Crippen molar-refractivity contribution >= 4 is 5.78 Å². The Morgan fingerprint density at radius 1 is 0.955 bits per heavy atom. The summed E-state index contributed by atoms with van der Waals surface area (Å²) in [5.41, 5.74) is 2.12. The number of hydrogen-bond donors (Lipinski definition) is 0. The lowest BCUT2D eigenvalue weighted by Crippen LogP contribution is -2.60. The average Bonchev–Trinajstić information content (AvgIpc) is 2.46. The number of nitrogens with zero attached hydrogens (tertiary/aromatic N) is 1. The summed E-state index contributed by atoms with van der Waals surface area (Å²) in [7, 11) is 0. The molecule has 2 aromatic carbocycles. The zero-order valence-corrected chi connectivity index (χ0v) is 13.5. The fraction of sp³-hybridized carbons (Fsp3) is 0.350. The maximum Gasteiger partial charge on any atom is 0.169 e. The minimum absolute atomic E-state index is 0.0454. The largest absolute Gasteiger partial charge is 0.294 e. The molecule has 2 nitrogen and oxygen atoms in total. The first kappa shape index (κ1) is 15.0. The molecule has 2 heteroatoms. The van der Waals surface area contributed by atoms with Crippen LogP contribution in [0.25, 0.3) is 0 Å². The van der Waals surface area contributed by atoms with Gasteiger partial charge in [0.25, 0.3) is 0 Å². The quantitative estimate of drug-likeness (QED) is 0.785. The lowest BCUT2D eigenvalue weighted by Gasteiger charge is -2.54. The fourth-order valence-electron chi connectivity index (χ4n) is 3.30. The van der Waals surface area contributed by atoms with Crippen molar-refractivity contribution in [3.8, 4) is 0 Å². The van der Waals surface area contributed by atoms with Crippen molar-refractivity contribution < 1.29 is 4.79 Å². The summed E-state index contributed by atoms with van der Waals surface area (Å²) in [6.45, 7) is 7.47. The lowest BCUT2D eigenvalue weighted by molar-refractivity contribution is -0.0434. The maximum atomic E-state index is 12.9. The highest BCUT2D eigenvalue weighted by atomic mass is 16.1. The highest BCUT2D eigenvalue weighted by Crippen LogP contribution is 2.44. The molecule has 0 spiro atoms. The van der Waals surface area contributed by atoms with E-state index in [0.29, 0.717) is 0 Å². The predicted octanol–water partition coefficient (Wildman–Crippen LogP) is 4.34.